The molecule has 2 N–H and O–H groups in total. The molecule has 2 heterocycles. The summed E-state index contributed by atoms with van der Waals surface area (Å²) in [6.45, 7) is -0.958. The molecule has 0 radical (unpaired) electrons. The van der Waals surface area contributed by atoms with Crippen molar-refractivity contribution in [2.45, 2.75) is 66.0 Å². The maximum atomic E-state index is 13.6. The van der Waals surface area contributed by atoms with Gasteiger partial charge < -0.3 is 24.8 Å². The van der Waals surface area contributed by atoms with Gasteiger partial charge in [-0.3, -0.25) is 4.79 Å². The topological polar surface area (TPSA) is 146 Å². The minimum atomic E-state index is -4.94. The zero-order valence-electron chi connectivity index (χ0n) is 20.9. The molecule has 5 rings (SSSR count). The second-order valence-corrected chi connectivity index (χ2v) is 12.5. The Morgan fingerprint density at radius 1 is 1.18 bits per heavy atom. The zero-order chi connectivity index (χ0) is 29.5. The molecule has 16 heteroatoms. The van der Waals surface area contributed by atoms with Gasteiger partial charge in [0.25, 0.3) is 5.92 Å². The summed E-state index contributed by atoms with van der Waals surface area (Å²) in [4.78, 5) is 22.4. The Morgan fingerprint density at radius 3 is 2.27 bits per heavy atom. The molecule has 2 aliphatic heterocycles. The summed E-state index contributed by atoms with van der Waals surface area (Å²) in [5, 5.41) is 17.4. The van der Waals surface area contributed by atoms with E-state index in [1.54, 1.807) is 0 Å². The lowest BCUT2D eigenvalue weighted by molar-refractivity contribution is -0.169. The van der Waals surface area contributed by atoms with E-state index >= 15 is 0 Å². The molecule has 0 bridgehead atoms. The summed E-state index contributed by atoms with van der Waals surface area (Å²) in [5.74, 6) is -4.44. The first-order valence-corrected chi connectivity index (χ1v) is 13.9. The second-order valence-electron chi connectivity index (χ2n) is 10.3. The monoisotopic (exact) mass is 595 g/mol. The van der Waals surface area contributed by atoms with Crippen molar-refractivity contribution in [3.05, 3.63) is 23.8 Å². The number of halogens is 5. The van der Waals surface area contributed by atoms with Crippen molar-refractivity contribution in [1.82, 2.24) is 10.2 Å². The first kappa shape index (κ1) is 29.8. The van der Waals surface area contributed by atoms with Gasteiger partial charge in [0.1, 0.15) is 17.4 Å². The molecule has 1 aromatic rings. The largest absolute Gasteiger partial charge is 0.486 e. The first-order valence-electron chi connectivity index (χ1n) is 12.3. The third kappa shape index (κ3) is 6.57. The molecule has 2 saturated carbocycles. The Hall–Kier alpha value is -3.19. The molecule has 4 fully saturated rings. The molecular formula is C24H26F5N3O7S. The summed E-state index contributed by atoms with van der Waals surface area (Å²) in [5.41, 5.74) is -2.06. The lowest BCUT2D eigenvalue weighted by Gasteiger charge is -2.40. The molecular weight excluding hydrogens is 569 g/mol. The van der Waals surface area contributed by atoms with Gasteiger partial charge in [0, 0.05) is 5.92 Å². The smallest absolute Gasteiger partial charge is 0.417 e. The lowest BCUT2D eigenvalue weighted by Crippen LogP contribution is -2.59. The van der Waals surface area contributed by atoms with Crippen LogP contribution in [0.5, 0.6) is 5.75 Å². The van der Waals surface area contributed by atoms with Gasteiger partial charge in [0.05, 0.1) is 48.1 Å². The van der Waals surface area contributed by atoms with E-state index in [-0.39, 0.29) is 44.3 Å². The van der Waals surface area contributed by atoms with Crippen LogP contribution >= 0.6 is 0 Å². The van der Waals surface area contributed by atoms with E-state index in [0.29, 0.717) is 18.9 Å². The number of nitrogens with one attached hydrogen (secondary N) is 1. The third-order valence-electron chi connectivity index (χ3n) is 7.11. The predicted molar refractivity (Wildman–Crippen MR) is 125 cm³/mol. The van der Waals surface area contributed by atoms with Crippen LogP contribution in [0.4, 0.5) is 26.7 Å². The number of nitrogens with zero attached hydrogens (tertiary/aromatic N) is 2. The standard InChI is InChI=1S/C19H20F5NO5S.C5H6N2O2/c20-18(21)9-25(10-18)17(26)11-1-3-14(5-11)31(27,28)16-4-2-12(30-13-7-29-8-13)6-15(16)19(22,23)24;6-3-5(1-2-5)7-4(8)9/h2,4,6,11,13-14H,1,3,5,7-10H2;7H,1-2H2,(H,8,9). The Morgan fingerprint density at radius 2 is 1.82 bits per heavy atom. The van der Waals surface area contributed by atoms with E-state index in [0.717, 1.165) is 11.0 Å². The lowest BCUT2D eigenvalue weighted by atomic mass is 10.0. The Kier molecular flexibility index (Phi) is 7.94. The quantitative estimate of drug-likeness (QED) is 0.477. The number of carboxylic acid groups (broad SMARTS) is 1. The Labute approximate surface area is 225 Å². The molecule has 2 amide bonds. The highest BCUT2D eigenvalue weighted by molar-refractivity contribution is 7.92. The fourth-order valence-corrected chi connectivity index (χ4v) is 6.70. The average Bonchev–Trinajstić information content (AvgIpc) is 3.39. The van der Waals surface area contributed by atoms with Gasteiger partial charge >= 0.3 is 12.3 Å². The van der Waals surface area contributed by atoms with Crippen molar-refractivity contribution in [3.8, 4) is 11.8 Å². The maximum absolute atomic E-state index is 13.6. The molecule has 4 aliphatic rings. The molecule has 10 nitrogen and oxygen atoms in total. The van der Waals surface area contributed by atoms with Crippen LogP contribution in [0.3, 0.4) is 0 Å². The highest BCUT2D eigenvalue weighted by Gasteiger charge is 2.50. The van der Waals surface area contributed by atoms with E-state index in [1.165, 1.54) is 6.07 Å². The SMILES string of the molecule is N#CC1(NC(=O)O)CC1.O=C(C1CCC(S(=O)(=O)c2ccc(OC3COC3)cc2C(F)(F)F)C1)N1CC(F)(F)C1. The van der Waals surface area contributed by atoms with E-state index in [4.69, 9.17) is 19.8 Å². The van der Waals surface area contributed by atoms with Crippen molar-refractivity contribution in [2.75, 3.05) is 26.3 Å². The molecule has 0 aromatic heterocycles. The van der Waals surface area contributed by atoms with Gasteiger partial charge in [-0.05, 0) is 50.3 Å². The van der Waals surface area contributed by atoms with Crippen LogP contribution in [0, 0.1) is 17.2 Å². The summed E-state index contributed by atoms with van der Waals surface area (Å²) >= 11 is 0. The van der Waals surface area contributed by atoms with Crippen molar-refractivity contribution in [2.24, 2.45) is 5.92 Å². The van der Waals surface area contributed by atoms with E-state index < -0.39 is 74.2 Å². The van der Waals surface area contributed by atoms with Gasteiger partial charge in [0.15, 0.2) is 9.84 Å². The van der Waals surface area contributed by atoms with Crippen LogP contribution in [0.25, 0.3) is 0 Å². The van der Waals surface area contributed by atoms with Crippen molar-refractivity contribution < 1.29 is 54.5 Å². The molecule has 40 heavy (non-hydrogen) atoms. The summed E-state index contributed by atoms with van der Waals surface area (Å²) in [7, 11) is -4.41. The number of likely N-dealkylation sites (tertiary alicyclic amines) is 1. The molecule has 220 valence electrons. The number of amides is 2. The summed E-state index contributed by atoms with van der Waals surface area (Å²) in [6.07, 6.45) is -5.24. The number of alkyl halides is 5. The number of rotatable bonds is 6. The van der Waals surface area contributed by atoms with Crippen LogP contribution in [0.2, 0.25) is 0 Å². The van der Waals surface area contributed by atoms with Crippen LogP contribution in [0.1, 0.15) is 37.7 Å². The maximum Gasteiger partial charge on any atom is 0.417 e. The molecule has 2 saturated heterocycles. The molecule has 2 atom stereocenters. The normalized spacial score (nSPS) is 24.9. The fraction of sp³-hybridized carbons (Fsp3) is 0.625. The average molecular weight is 596 g/mol. The predicted octanol–water partition coefficient (Wildman–Crippen LogP) is 3.21. The van der Waals surface area contributed by atoms with Gasteiger partial charge in [-0.15, -0.1) is 0 Å². The van der Waals surface area contributed by atoms with E-state index in [2.05, 4.69) is 5.32 Å². The van der Waals surface area contributed by atoms with E-state index in [1.807, 2.05) is 6.07 Å². The Balaban J connectivity index is 0.000000350. The summed E-state index contributed by atoms with van der Waals surface area (Å²) < 4.78 is 103. The van der Waals surface area contributed by atoms with E-state index in [9.17, 15) is 40.0 Å². The van der Waals surface area contributed by atoms with Crippen molar-refractivity contribution >= 4 is 21.8 Å². The van der Waals surface area contributed by atoms with Gasteiger partial charge in [0.2, 0.25) is 5.91 Å². The highest BCUT2D eigenvalue weighted by Crippen LogP contribution is 2.42. The molecule has 2 unspecified atom stereocenters. The van der Waals surface area contributed by atoms with Crippen LogP contribution in [-0.2, 0) is 25.5 Å². The number of carbonyl (C=O) groups excluding carboxylic acids is 1. The van der Waals surface area contributed by atoms with Crippen LogP contribution < -0.4 is 10.1 Å². The van der Waals surface area contributed by atoms with Gasteiger partial charge in [-0.1, -0.05) is 0 Å². The van der Waals surface area contributed by atoms with Crippen molar-refractivity contribution in [3.63, 3.8) is 0 Å². The van der Waals surface area contributed by atoms with Crippen LogP contribution in [-0.4, -0.2) is 79.5 Å². The molecule has 0 spiro atoms. The molecule has 2 aliphatic carbocycles. The Bertz CT molecular complexity index is 1300. The van der Waals surface area contributed by atoms with Crippen LogP contribution in [0.15, 0.2) is 23.1 Å². The second kappa shape index (κ2) is 10.7. The number of nitriles is 1. The number of sulfone groups is 1. The van der Waals surface area contributed by atoms with Gasteiger partial charge in [-0.2, -0.15) is 18.4 Å². The zero-order valence-corrected chi connectivity index (χ0v) is 21.7. The number of ether oxygens (including phenoxy) is 2. The first-order chi connectivity index (χ1) is 18.6. The number of hydrogen-bond acceptors (Lipinski definition) is 7. The van der Waals surface area contributed by atoms with Crippen molar-refractivity contribution in [1.29, 1.82) is 5.26 Å². The van der Waals surface area contributed by atoms with Gasteiger partial charge in [-0.25, -0.2) is 22.0 Å². The summed E-state index contributed by atoms with van der Waals surface area (Å²) in [6, 6.07) is 4.59. The fourth-order valence-electron chi connectivity index (χ4n) is 4.67. The number of benzene rings is 1. The minimum Gasteiger partial charge on any atom is -0.486 e. The number of hydrogen-bond donors (Lipinski definition) is 2. The minimum absolute atomic E-state index is 0.0159. The highest BCUT2D eigenvalue weighted by atomic mass is 32.2. The number of carbonyl (C=O) groups is 2. The molecule has 1 aromatic carbocycles. The third-order valence-corrected chi connectivity index (χ3v) is 9.39.